The summed E-state index contributed by atoms with van der Waals surface area (Å²) in [5.74, 6) is -0.0114. The Morgan fingerprint density at radius 2 is 2.29 bits per heavy atom. The molecule has 0 saturated heterocycles. The van der Waals surface area contributed by atoms with Gasteiger partial charge in [0.2, 0.25) is 5.91 Å². The van der Waals surface area contributed by atoms with Crippen molar-refractivity contribution >= 4 is 5.91 Å². The molecule has 0 aromatic heterocycles. The van der Waals surface area contributed by atoms with Gasteiger partial charge in [-0.2, -0.15) is 5.26 Å². The first kappa shape index (κ1) is 11.0. The zero-order chi connectivity index (χ0) is 10.6. The average Bonchev–Trinajstić information content (AvgIpc) is 2.63. The second kappa shape index (κ2) is 4.97. The Bertz CT molecular complexity index is 246. The summed E-state index contributed by atoms with van der Waals surface area (Å²) in [6, 6.07) is 2.11. The van der Waals surface area contributed by atoms with Gasteiger partial charge in [0.05, 0.1) is 18.0 Å². The van der Waals surface area contributed by atoms with E-state index in [1.54, 1.807) is 7.05 Å². The first-order chi connectivity index (χ1) is 6.69. The van der Waals surface area contributed by atoms with Crippen molar-refractivity contribution < 1.29 is 4.79 Å². The fourth-order valence-electron chi connectivity index (χ4n) is 1.73. The van der Waals surface area contributed by atoms with Gasteiger partial charge in [0, 0.05) is 6.04 Å². The minimum atomic E-state index is -0.185. The molecule has 0 aliphatic heterocycles. The molecule has 4 nitrogen and oxygen atoms in total. The fraction of sp³-hybridized carbons (Fsp3) is 0.800. The molecule has 4 heteroatoms. The van der Waals surface area contributed by atoms with Crippen LogP contribution in [-0.4, -0.2) is 25.0 Å². The number of hydrogen-bond acceptors (Lipinski definition) is 3. The molecule has 1 rings (SSSR count). The van der Waals surface area contributed by atoms with E-state index in [-0.39, 0.29) is 23.9 Å². The highest BCUT2D eigenvalue weighted by molar-refractivity contribution is 5.81. The maximum Gasteiger partial charge on any atom is 0.237 e. The monoisotopic (exact) mass is 195 g/mol. The number of likely N-dealkylation sites (N-methyl/N-ethyl adjacent to an activating group) is 1. The second-order valence-electron chi connectivity index (χ2n) is 3.79. The number of amides is 1. The molecule has 78 valence electrons. The van der Waals surface area contributed by atoms with Crippen LogP contribution < -0.4 is 10.6 Å². The summed E-state index contributed by atoms with van der Waals surface area (Å²) >= 11 is 0. The van der Waals surface area contributed by atoms with Gasteiger partial charge in [0.25, 0.3) is 0 Å². The number of nitrogens with one attached hydrogen (secondary N) is 2. The van der Waals surface area contributed by atoms with Crippen molar-refractivity contribution in [3.05, 3.63) is 0 Å². The Kier molecular flexibility index (Phi) is 3.90. The topological polar surface area (TPSA) is 64.9 Å². The van der Waals surface area contributed by atoms with Crippen molar-refractivity contribution in [2.75, 3.05) is 7.05 Å². The van der Waals surface area contributed by atoms with Crippen LogP contribution in [0.1, 0.15) is 26.2 Å². The summed E-state index contributed by atoms with van der Waals surface area (Å²) in [5, 5.41) is 14.6. The molecule has 2 N–H and O–H groups in total. The third-order valence-corrected chi connectivity index (χ3v) is 2.84. The number of nitriles is 1. The molecule has 1 aliphatic carbocycles. The van der Waals surface area contributed by atoms with Crippen LogP contribution in [0.3, 0.4) is 0 Å². The Morgan fingerprint density at radius 3 is 2.86 bits per heavy atom. The van der Waals surface area contributed by atoms with Crippen LogP contribution in [0.2, 0.25) is 0 Å². The van der Waals surface area contributed by atoms with E-state index in [4.69, 9.17) is 5.26 Å². The molecule has 3 unspecified atom stereocenters. The molecule has 1 aliphatic rings. The first-order valence-electron chi connectivity index (χ1n) is 5.06. The lowest BCUT2D eigenvalue weighted by Gasteiger charge is -2.18. The molecular weight excluding hydrogens is 178 g/mol. The Morgan fingerprint density at radius 1 is 1.57 bits per heavy atom. The molecule has 14 heavy (non-hydrogen) atoms. The number of carbonyl (C=O) groups excluding carboxylic acids is 1. The summed E-state index contributed by atoms with van der Waals surface area (Å²) < 4.78 is 0. The molecule has 0 aromatic carbocycles. The number of carbonyl (C=O) groups is 1. The Labute approximate surface area is 84.7 Å². The second-order valence-corrected chi connectivity index (χ2v) is 3.79. The number of nitrogens with zero attached hydrogens (tertiary/aromatic N) is 1. The molecule has 1 amide bonds. The van der Waals surface area contributed by atoms with Gasteiger partial charge < -0.3 is 10.6 Å². The normalized spacial score (nSPS) is 28.1. The lowest BCUT2D eigenvalue weighted by Crippen LogP contribution is -2.46. The van der Waals surface area contributed by atoms with Crippen molar-refractivity contribution in [2.45, 2.75) is 38.3 Å². The van der Waals surface area contributed by atoms with Gasteiger partial charge in [-0.05, 0) is 33.2 Å². The maximum atomic E-state index is 11.5. The zero-order valence-corrected chi connectivity index (χ0v) is 8.71. The minimum absolute atomic E-state index is 0.00278. The fourth-order valence-corrected chi connectivity index (χ4v) is 1.73. The predicted molar refractivity (Wildman–Crippen MR) is 53.4 cm³/mol. The first-order valence-corrected chi connectivity index (χ1v) is 5.06. The van der Waals surface area contributed by atoms with E-state index in [0.717, 1.165) is 19.3 Å². The summed E-state index contributed by atoms with van der Waals surface area (Å²) in [4.78, 5) is 11.5. The van der Waals surface area contributed by atoms with Crippen molar-refractivity contribution in [2.24, 2.45) is 5.92 Å². The summed E-state index contributed by atoms with van der Waals surface area (Å²) in [7, 11) is 1.75. The highest BCUT2D eigenvalue weighted by atomic mass is 16.2. The highest BCUT2D eigenvalue weighted by Crippen LogP contribution is 2.24. The van der Waals surface area contributed by atoms with E-state index < -0.39 is 0 Å². The summed E-state index contributed by atoms with van der Waals surface area (Å²) in [5.41, 5.74) is 0. The van der Waals surface area contributed by atoms with E-state index in [1.165, 1.54) is 0 Å². The van der Waals surface area contributed by atoms with Gasteiger partial charge in [-0.1, -0.05) is 0 Å². The molecule has 0 radical (unpaired) electrons. The lowest BCUT2D eigenvalue weighted by atomic mass is 10.1. The van der Waals surface area contributed by atoms with Crippen LogP contribution in [0.25, 0.3) is 0 Å². The van der Waals surface area contributed by atoms with Crippen LogP contribution in [0, 0.1) is 17.2 Å². The van der Waals surface area contributed by atoms with E-state index in [2.05, 4.69) is 16.7 Å². The van der Waals surface area contributed by atoms with Gasteiger partial charge in [-0.3, -0.25) is 4.79 Å². The summed E-state index contributed by atoms with van der Waals surface area (Å²) in [6.07, 6.45) is 2.88. The van der Waals surface area contributed by atoms with Crippen molar-refractivity contribution in [1.29, 1.82) is 5.26 Å². The molecule has 1 fully saturated rings. The Hall–Kier alpha value is -1.08. The minimum Gasteiger partial charge on any atom is -0.351 e. The lowest BCUT2D eigenvalue weighted by molar-refractivity contribution is -0.123. The van der Waals surface area contributed by atoms with E-state index in [1.807, 2.05) is 6.92 Å². The van der Waals surface area contributed by atoms with Gasteiger partial charge in [0.15, 0.2) is 0 Å². The third kappa shape index (κ3) is 2.46. The maximum absolute atomic E-state index is 11.5. The number of rotatable bonds is 3. The van der Waals surface area contributed by atoms with Crippen LogP contribution in [0.15, 0.2) is 0 Å². The van der Waals surface area contributed by atoms with Crippen LogP contribution >= 0.6 is 0 Å². The molecular formula is C10H17N3O. The standard InChI is InChI=1S/C10H17N3O/c1-7(12-2)10(14)13-9-5-3-4-8(9)6-11/h7-9,12H,3-5H2,1-2H3,(H,13,14). The highest BCUT2D eigenvalue weighted by Gasteiger charge is 2.29. The zero-order valence-electron chi connectivity index (χ0n) is 8.71. The van der Waals surface area contributed by atoms with Crippen molar-refractivity contribution in [3.63, 3.8) is 0 Å². The molecule has 0 spiro atoms. The molecule has 0 heterocycles. The van der Waals surface area contributed by atoms with E-state index >= 15 is 0 Å². The van der Waals surface area contributed by atoms with Crippen LogP contribution in [0.4, 0.5) is 0 Å². The quantitative estimate of drug-likeness (QED) is 0.685. The van der Waals surface area contributed by atoms with Crippen molar-refractivity contribution in [3.8, 4) is 6.07 Å². The Balaban J connectivity index is 2.44. The van der Waals surface area contributed by atoms with Gasteiger partial charge in [0.1, 0.15) is 0 Å². The molecule has 0 bridgehead atoms. The smallest absolute Gasteiger partial charge is 0.237 e. The van der Waals surface area contributed by atoms with Gasteiger partial charge in [-0.25, -0.2) is 0 Å². The van der Waals surface area contributed by atoms with Crippen molar-refractivity contribution in [1.82, 2.24) is 10.6 Å². The SMILES string of the molecule is CNC(C)C(=O)NC1CCCC1C#N. The van der Waals surface area contributed by atoms with Crippen LogP contribution in [-0.2, 0) is 4.79 Å². The molecule has 1 saturated carbocycles. The third-order valence-electron chi connectivity index (χ3n) is 2.84. The largest absolute Gasteiger partial charge is 0.351 e. The van der Waals surface area contributed by atoms with Crippen LogP contribution in [0.5, 0.6) is 0 Å². The van der Waals surface area contributed by atoms with Gasteiger partial charge in [-0.15, -0.1) is 0 Å². The van der Waals surface area contributed by atoms with Gasteiger partial charge >= 0.3 is 0 Å². The number of hydrogen-bond donors (Lipinski definition) is 2. The summed E-state index contributed by atoms with van der Waals surface area (Å²) in [6.45, 7) is 1.81. The molecule has 3 atom stereocenters. The van der Waals surface area contributed by atoms with E-state index in [0.29, 0.717) is 0 Å². The predicted octanol–water partition coefficient (Wildman–Crippen LogP) is 0.403. The molecule has 0 aromatic rings. The van der Waals surface area contributed by atoms with E-state index in [9.17, 15) is 4.79 Å². The average molecular weight is 195 g/mol.